The number of thiazole rings is 1. The molecule has 1 amide bonds. The van der Waals surface area contributed by atoms with Gasteiger partial charge < -0.3 is 14.3 Å². The fraction of sp³-hybridized carbons (Fsp3) is 0.267. The molecule has 1 aliphatic carbocycles. The lowest BCUT2D eigenvalue weighted by Gasteiger charge is -2.14. The average Bonchev–Trinajstić information content (AvgIpc) is 3.00. The minimum atomic E-state index is -0.256. The van der Waals surface area contributed by atoms with Crippen LogP contribution in [0.25, 0.3) is 11.5 Å². The predicted molar refractivity (Wildman–Crippen MR) is 79.3 cm³/mol. The maximum Gasteiger partial charge on any atom is 0.274 e. The van der Waals surface area contributed by atoms with Crippen LogP contribution in [0.2, 0.25) is 0 Å². The number of hydrogen-bond donors (Lipinski definition) is 1. The quantitative estimate of drug-likeness (QED) is 0.781. The van der Waals surface area contributed by atoms with Gasteiger partial charge in [-0.05, 0) is 30.9 Å². The van der Waals surface area contributed by atoms with Gasteiger partial charge in [0.05, 0.1) is 12.3 Å². The Morgan fingerprint density at radius 3 is 3.00 bits per heavy atom. The molecule has 3 heterocycles. The molecule has 22 heavy (non-hydrogen) atoms. The van der Waals surface area contributed by atoms with Crippen LogP contribution in [0.15, 0.2) is 45.0 Å². The molecule has 6 nitrogen and oxygen atoms in total. The second-order valence-electron chi connectivity index (χ2n) is 5.21. The molecule has 1 aliphatic rings. The molecule has 0 aliphatic heterocycles. The summed E-state index contributed by atoms with van der Waals surface area (Å²) >= 11 is 1.56. The third kappa shape index (κ3) is 2.55. The van der Waals surface area contributed by atoms with Crippen molar-refractivity contribution < 1.29 is 13.7 Å². The molecule has 1 saturated carbocycles. The van der Waals surface area contributed by atoms with E-state index in [1.807, 2.05) is 5.38 Å². The van der Waals surface area contributed by atoms with Crippen molar-refractivity contribution >= 4 is 17.2 Å². The van der Waals surface area contributed by atoms with Crippen LogP contribution in [-0.4, -0.2) is 16.0 Å². The molecule has 7 heteroatoms. The van der Waals surface area contributed by atoms with Crippen molar-refractivity contribution in [1.82, 2.24) is 15.5 Å². The largest absolute Gasteiger partial charge is 0.461 e. The lowest BCUT2D eigenvalue weighted by Crippen LogP contribution is -2.30. The third-order valence-electron chi connectivity index (χ3n) is 3.60. The van der Waals surface area contributed by atoms with Crippen LogP contribution in [0.4, 0.5) is 0 Å². The first-order valence-corrected chi connectivity index (χ1v) is 7.90. The number of furan rings is 1. The van der Waals surface area contributed by atoms with Crippen LogP contribution < -0.4 is 5.32 Å². The van der Waals surface area contributed by atoms with Gasteiger partial charge in [0.15, 0.2) is 11.5 Å². The highest BCUT2D eigenvalue weighted by molar-refractivity contribution is 7.09. The first kappa shape index (κ1) is 13.3. The molecule has 0 aromatic carbocycles. The van der Waals surface area contributed by atoms with Gasteiger partial charge in [-0.1, -0.05) is 5.16 Å². The Morgan fingerprint density at radius 1 is 1.41 bits per heavy atom. The summed E-state index contributed by atoms with van der Waals surface area (Å²) in [5.74, 6) is 1.19. The molecule has 3 aromatic heterocycles. The Kier molecular flexibility index (Phi) is 3.27. The van der Waals surface area contributed by atoms with Gasteiger partial charge in [0, 0.05) is 17.6 Å². The van der Waals surface area contributed by atoms with Crippen LogP contribution in [0.3, 0.4) is 0 Å². The summed E-state index contributed by atoms with van der Waals surface area (Å²) in [5, 5.41) is 9.69. The molecule has 3 aromatic rings. The molecule has 1 unspecified atom stereocenters. The molecule has 1 fully saturated rings. The standard InChI is InChI=1S/C15H13N3O3S/c19-14(10-8-12(21-18-10)11-2-1-6-20-11)17-13(9-3-4-9)15-16-5-7-22-15/h1-2,5-9,13H,3-4H2,(H,17,19). The molecule has 112 valence electrons. The van der Waals surface area contributed by atoms with E-state index in [1.165, 1.54) is 0 Å². The number of nitrogens with one attached hydrogen (secondary N) is 1. The Hall–Kier alpha value is -2.41. The Balaban J connectivity index is 1.52. The normalized spacial score (nSPS) is 15.6. The first-order chi connectivity index (χ1) is 10.8. The number of rotatable bonds is 5. The van der Waals surface area contributed by atoms with Crippen LogP contribution in [-0.2, 0) is 0 Å². The zero-order valence-electron chi connectivity index (χ0n) is 11.6. The van der Waals surface area contributed by atoms with E-state index >= 15 is 0 Å². The van der Waals surface area contributed by atoms with E-state index in [2.05, 4.69) is 15.5 Å². The van der Waals surface area contributed by atoms with Crippen molar-refractivity contribution in [1.29, 1.82) is 0 Å². The number of aromatic nitrogens is 2. The van der Waals surface area contributed by atoms with Gasteiger partial charge >= 0.3 is 0 Å². The highest BCUT2D eigenvalue weighted by atomic mass is 32.1. The van der Waals surface area contributed by atoms with Gasteiger partial charge in [0.25, 0.3) is 5.91 Å². The number of hydrogen-bond acceptors (Lipinski definition) is 6. The SMILES string of the molecule is O=C(NC(c1nccs1)C1CC1)c1cc(-c2ccco2)on1. The number of carbonyl (C=O) groups excluding carboxylic acids is 1. The number of amides is 1. The minimum absolute atomic E-state index is 0.0451. The smallest absolute Gasteiger partial charge is 0.274 e. The Labute approximate surface area is 130 Å². The van der Waals surface area contributed by atoms with Crippen LogP contribution in [0.5, 0.6) is 0 Å². The zero-order chi connectivity index (χ0) is 14.9. The van der Waals surface area contributed by atoms with Gasteiger partial charge in [-0.15, -0.1) is 11.3 Å². The molecular formula is C15H13N3O3S. The predicted octanol–water partition coefficient (Wildman–Crippen LogP) is 3.27. The van der Waals surface area contributed by atoms with Crippen molar-refractivity contribution in [3.63, 3.8) is 0 Å². The van der Waals surface area contributed by atoms with E-state index in [0.29, 0.717) is 17.4 Å². The fourth-order valence-corrected chi connectivity index (χ4v) is 3.11. The number of nitrogens with zero attached hydrogens (tertiary/aromatic N) is 2. The maximum atomic E-state index is 12.4. The van der Waals surface area contributed by atoms with Gasteiger partial charge in [-0.2, -0.15) is 0 Å². The third-order valence-corrected chi connectivity index (χ3v) is 4.46. The van der Waals surface area contributed by atoms with Gasteiger partial charge in [-0.25, -0.2) is 4.98 Å². The molecule has 1 atom stereocenters. The highest BCUT2D eigenvalue weighted by Gasteiger charge is 2.35. The first-order valence-electron chi connectivity index (χ1n) is 7.02. The summed E-state index contributed by atoms with van der Waals surface area (Å²) in [6.07, 6.45) is 5.53. The van der Waals surface area contributed by atoms with E-state index in [4.69, 9.17) is 8.94 Å². The van der Waals surface area contributed by atoms with E-state index < -0.39 is 0 Å². The van der Waals surface area contributed by atoms with Crippen LogP contribution in [0.1, 0.15) is 34.4 Å². The summed E-state index contributed by atoms with van der Waals surface area (Å²) < 4.78 is 10.4. The summed E-state index contributed by atoms with van der Waals surface area (Å²) in [7, 11) is 0. The monoisotopic (exact) mass is 315 g/mol. The van der Waals surface area contributed by atoms with Gasteiger partial charge in [0.2, 0.25) is 5.76 Å². The topological polar surface area (TPSA) is 81.2 Å². The summed E-state index contributed by atoms with van der Waals surface area (Å²) in [5.41, 5.74) is 0.244. The lowest BCUT2D eigenvalue weighted by molar-refractivity contribution is 0.0922. The van der Waals surface area contributed by atoms with E-state index in [9.17, 15) is 4.79 Å². The Morgan fingerprint density at radius 2 is 2.32 bits per heavy atom. The Bertz CT molecular complexity index is 760. The molecule has 1 N–H and O–H groups in total. The van der Waals surface area contributed by atoms with E-state index in [1.54, 1.807) is 42.0 Å². The minimum Gasteiger partial charge on any atom is -0.461 e. The van der Waals surface area contributed by atoms with Crippen molar-refractivity contribution in [3.8, 4) is 11.5 Å². The molecule has 4 rings (SSSR count). The fourth-order valence-electron chi connectivity index (χ4n) is 2.33. The second-order valence-corrected chi connectivity index (χ2v) is 6.14. The van der Waals surface area contributed by atoms with E-state index in [-0.39, 0.29) is 17.6 Å². The lowest BCUT2D eigenvalue weighted by atomic mass is 10.2. The average molecular weight is 315 g/mol. The van der Waals surface area contributed by atoms with Crippen molar-refractivity contribution in [2.24, 2.45) is 5.92 Å². The second kappa shape index (κ2) is 5.42. The maximum absolute atomic E-state index is 12.4. The van der Waals surface area contributed by atoms with Gasteiger partial charge in [0.1, 0.15) is 5.01 Å². The van der Waals surface area contributed by atoms with Crippen molar-refractivity contribution in [3.05, 3.63) is 46.7 Å². The van der Waals surface area contributed by atoms with Crippen molar-refractivity contribution in [2.75, 3.05) is 0 Å². The van der Waals surface area contributed by atoms with Crippen molar-refractivity contribution in [2.45, 2.75) is 18.9 Å². The summed E-state index contributed by atoms with van der Waals surface area (Å²) in [4.78, 5) is 16.7. The highest BCUT2D eigenvalue weighted by Crippen LogP contribution is 2.41. The summed E-state index contributed by atoms with van der Waals surface area (Å²) in [6.45, 7) is 0. The zero-order valence-corrected chi connectivity index (χ0v) is 12.4. The van der Waals surface area contributed by atoms with Gasteiger partial charge in [-0.3, -0.25) is 4.79 Å². The molecule has 0 saturated heterocycles. The molecular weight excluding hydrogens is 302 g/mol. The number of carbonyl (C=O) groups is 1. The summed E-state index contributed by atoms with van der Waals surface area (Å²) in [6, 6.07) is 5.05. The molecule has 0 radical (unpaired) electrons. The van der Waals surface area contributed by atoms with E-state index in [0.717, 1.165) is 17.8 Å². The molecule has 0 bridgehead atoms. The molecule has 0 spiro atoms. The van der Waals surface area contributed by atoms with Crippen LogP contribution >= 0.6 is 11.3 Å². The van der Waals surface area contributed by atoms with Crippen LogP contribution in [0, 0.1) is 5.92 Å².